The molecule has 1 aromatic heterocycles. The Kier molecular flexibility index (Phi) is 5.98. The van der Waals surface area contributed by atoms with Crippen LogP contribution >= 0.6 is 22.9 Å². The summed E-state index contributed by atoms with van der Waals surface area (Å²) in [6.45, 7) is 0. The van der Waals surface area contributed by atoms with Crippen molar-refractivity contribution in [3.05, 3.63) is 81.4 Å². The minimum Gasteiger partial charge on any atom is -0.298 e. The first-order chi connectivity index (χ1) is 15.2. The molecule has 0 aliphatic carbocycles. The van der Waals surface area contributed by atoms with Crippen molar-refractivity contribution in [3.8, 4) is 0 Å². The van der Waals surface area contributed by atoms with Crippen LogP contribution in [0.15, 0.2) is 58.8 Å². The van der Waals surface area contributed by atoms with Gasteiger partial charge in [-0.3, -0.25) is 14.4 Å². The highest BCUT2D eigenvalue weighted by molar-refractivity contribution is 7.94. The minimum atomic E-state index is -3.84. The average Bonchev–Trinajstić information content (AvgIpc) is 3.16. The van der Waals surface area contributed by atoms with Gasteiger partial charge in [0.25, 0.3) is 5.91 Å². The molecule has 0 bridgehead atoms. The number of anilines is 1. The molecule has 164 valence electrons. The van der Waals surface area contributed by atoms with E-state index in [4.69, 9.17) is 11.6 Å². The predicted octanol–water partition coefficient (Wildman–Crippen LogP) is 3.86. The number of thiophene rings is 1. The summed E-state index contributed by atoms with van der Waals surface area (Å²) in [6.07, 6.45) is -0.355. The van der Waals surface area contributed by atoms with Crippen LogP contribution < -0.4 is 4.90 Å². The van der Waals surface area contributed by atoms with E-state index in [0.717, 1.165) is 22.3 Å². The molecule has 1 aliphatic heterocycles. The Morgan fingerprint density at radius 1 is 1.09 bits per heavy atom. The number of Topliss-reactive ketones (excluding diaryl/α,β-unsaturated/α-hetero) is 1. The van der Waals surface area contributed by atoms with Crippen molar-refractivity contribution in [1.82, 2.24) is 0 Å². The van der Waals surface area contributed by atoms with E-state index in [1.165, 1.54) is 24.3 Å². The highest BCUT2D eigenvalue weighted by Gasteiger charge is 2.33. The van der Waals surface area contributed by atoms with Gasteiger partial charge in [0, 0.05) is 12.0 Å². The zero-order valence-corrected chi connectivity index (χ0v) is 18.8. The molecule has 4 rings (SSSR count). The van der Waals surface area contributed by atoms with Crippen molar-refractivity contribution in [3.63, 3.8) is 0 Å². The average molecular weight is 492 g/mol. The summed E-state index contributed by atoms with van der Waals surface area (Å²) in [7, 11) is -3.84. The van der Waals surface area contributed by atoms with Gasteiger partial charge in [-0.15, -0.1) is 11.3 Å². The molecule has 0 atom stereocenters. The van der Waals surface area contributed by atoms with E-state index in [1.54, 1.807) is 24.3 Å². The Morgan fingerprint density at radius 2 is 1.84 bits per heavy atom. The fourth-order valence-electron chi connectivity index (χ4n) is 3.47. The number of nitrogens with zero attached hydrogens (tertiary/aromatic N) is 1. The quantitative estimate of drug-likeness (QED) is 0.488. The zero-order valence-electron chi connectivity index (χ0n) is 16.4. The van der Waals surface area contributed by atoms with Crippen LogP contribution in [0.1, 0.15) is 21.5 Å². The maximum atomic E-state index is 14.8. The molecule has 0 saturated heterocycles. The van der Waals surface area contributed by atoms with Crippen LogP contribution in [-0.4, -0.2) is 31.8 Å². The number of sulfone groups is 1. The second-order valence-electron chi connectivity index (χ2n) is 7.19. The molecule has 0 fully saturated rings. The Balaban J connectivity index is 1.52. The number of fused-ring (bicyclic) bond motifs is 1. The van der Waals surface area contributed by atoms with Gasteiger partial charge < -0.3 is 0 Å². The van der Waals surface area contributed by atoms with Gasteiger partial charge >= 0.3 is 0 Å². The third-order valence-corrected chi connectivity index (χ3v) is 8.39. The maximum absolute atomic E-state index is 14.8. The first-order valence-electron chi connectivity index (χ1n) is 9.39. The number of carbonyl (C=O) groups is 3. The highest BCUT2D eigenvalue weighted by Crippen LogP contribution is 2.29. The number of halogens is 2. The first kappa shape index (κ1) is 22.3. The van der Waals surface area contributed by atoms with Crippen molar-refractivity contribution in [2.75, 3.05) is 10.7 Å². The Hall–Kier alpha value is -2.88. The zero-order chi connectivity index (χ0) is 23.0. The normalized spacial score (nSPS) is 13.9. The van der Waals surface area contributed by atoms with Crippen LogP contribution in [-0.2, 0) is 32.3 Å². The molecule has 32 heavy (non-hydrogen) atoms. The van der Waals surface area contributed by atoms with Gasteiger partial charge in [0.1, 0.15) is 15.8 Å². The summed E-state index contributed by atoms with van der Waals surface area (Å²) in [4.78, 5) is 38.3. The molecule has 2 aromatic carbocycles. The van der Waals surface area contributed by atoms with Gasteiger partial charge in [-0.1, -0.05) is 35.9 Å². The molecular weight excluding hydrogens is 477 g/mol. The summed E-state index contributed by atoms with van der Waals surface area (Å²) in [6, 6.07) is 13.1. The number of ketones is 1. The second-order valence-corrected chi connectivity index (χ2v) is 11.1. The lowest BCUT2D eigenvalue weighted by molar-refractivity contribution is -0.118. The van der Waals surface area contributed by atoms with E-state index in [9.17, 15) is 27.2 Å². The minimum absolute atomic E-state index is 0.0141. The number of rotatable bonds is 6. The van der Waals surface area contributed by atoms with Crippen LogP contribution in [0, 0.1) is 5.82 Å². The van der Waals surface area contributed by atoms with Gasteiger partial charge in [-0.25, -0.2) is 17.7 Å². The van der Waals surface area contributed by atoms with E-state index < -0.39 is 39.0 Å². The van der Waals surface area contributed by atoms with Crippen molar-refractivity contribution in [1.29, 1.82) is 0 Å². The molecule has 0 radical (unpaired) electrons. The second kappa shape index (κ2) is 8.57. The molecule has 0 unspecified atom stereocenters. The van der Waals surface area contributed by atoms with Crippen molar-refractivity contribution in [2.24, 2.45) is 0 Å². The first-order valence-corrected chi connectivity index (χ1v) is 12.2. The third kappa shape index (κ3) is 4.36. The lowest BCUT2D eigenvalue weighted by Crippen LogP contribution is -2.43. The fraction of sp³-hybridized carbons (Fsp3) is 0.136. The summed E-state index contributed by atoms with van der Waals surface area (Å²) in [5.41, 5.74) is 0.916. The topological polar surface area (TPSA) is 88.6 Å². The van der Waals surface area contributed by atoms with E-state index in [-0.39, 0.29) is 32.6 Å². The standard InChI is InChI=1S/C22H15ClFNO5S2/c23-19-7-8-21(31-19)32(29,30)12-15(26)9-13-5-6-18(17(24)10-13)25-20(27)11-14-3-1-2-4-16(14)22(25)28/h1-8,10H,9,11-12H2. The number of imide groups is 1. The van der Waals surface area contributed by atoms with Crippen molar-refractivity contribution < 1.29 is 27.2 Å². The number of benzene rings is 2. The Bertz CT molecular complexity index is 1370. The number of hydrogen-bond donors (Lipinski definition) is 0. The molecule has 3 aromatic rings. The molecule has 0 spiro atoms. The lowest BCUT2D eigenvalue weighted by atomic mass is 9.97. The van der Waals surface area contributed by atoms with Crippen molar-refractivity contribution in [2.45, 2.75) is 17.1 Å². The fourth-order valence-corrected chi connectivity index (χ4v) is 6.28. The van der Waals surface area contributed by atoms with Crippen LogP contribution in [0.25, 0.3) is 0 Å². The summed E-state index contributed by atoms with van der Waals surface area (Å²) in [5.74, 6) is -3.41. The van der Waals surface area contributed by atoms with E-state index in [2.05, 4.69) is 0 Å². The SMILES string of the molecule is O=C(Cc1ccc(N2C(=O)Cc3ccccc3C2=O)c(F)c1)CS(=O)(=O)c1ccc(Cl)s1. The van der Waals surface area contributed by atoms with Gasteiger partial charge in [-0.05, 0) is 41.5 Å². The van der Waals surface area contributed by atoms with E-state index in [1.807, 2.05) is 0 Å². The van der Waals surface area contributed by atoms with Gasteiger partial charge in [0.05, 0.1) is 16.4 Å². The summed E-state index contributed by atoms with van der Waals surface area (Å²) < 4.78 is 39.7. The number of carbonyl (C=O) groups excluding carboxylic acids is 3. The van der Waals surface area contributed by atoms with E-state index >= 15 is 0 Å². The number of hydrogen-bond acceptors (Lipinski definition) is 6. The molecule has 10 heteroatoms. The monoisotopic (exact) mass is 491 g/mol. The van der Waals surface area contributed by atoms with Crippen LogP contribution in [0.4, 0.5) is 10.1 Å². The van der Waals surface area contributed by atoms with Gasteiger partial charge in [0.15, 0.2) is 15.6 Å². The molecule has 0 N–H and O–H groups in total. The number of amides is 2. The smallest absolute Gasteiger partial charge is 0.265 e. The predicted molar refractivity (Wildman–Crippen MR) is 118 cm³/mol. The molecule has 6 nitrogen and oxygen atoms in total. The molecule has 2 heterocycles. The molecule has 1 aliphatic rings. The maximum Gasteiger partial charge on any atom is 0.265 e. The molecule has 0 saturated carbocycles. The lowest BCUT2D eigenvalue weighted by Gasteiger charge is -2.27. The van der Waals surface area contributed by atoms with Crippen LogP contribution in [0.5, 0.6) is 0 Å². The molecule has 2 amide bonds. The van der Waals surface area contributed by atoms with Crippen molar-refractivity contribution >= 4 is 56.1 Å². The van der Waals surface area contributed by atoms with Crippen LogP contribution in [0.3, 0.4) is 0 Å². The Morgan fingerprint density at radius 3 is 2.53 bits per heavy atom. The summed E-state index contributed by atoms with van der Waals surface area (Å²) in [5, 5.41) is 0. The third-order valence-electron chi connectivity index (χ3n) is 4.90. The Labute approximate surface area is 192 Å². The largest absolute Gasteiger partial charge is 0.298 e. The highest BCUT2D eigenvalue weighted by atomic mass is 35.5. The van der Waals surface area contributed by atoms with E-state index in [0.29, 0.717) is 11.1 Å². The molecular formula is C22H15ClFNO5S2. The van der Waals surface area contributed by atoms with Gasteiger partial charge in [-0.2, -0.15) is 0 Å². The summed E-state index contributed by atoms with van der Waals surface area (Å²) >= 11 is 6.61. The van der Waals surface area contributed by atoms with Crippen LogP contribution in [0.2, 0.25) is 4.34 Å². The van der Waals surface area contributed by atoms with Gasteiger partial charge in [0.2, 0.25) is 5.91 Å².